The summed E-state index contributed by atoms with van der Waals surface area (Å²) in [7, 11) is 0. The first-order chi connectivity index (χ1) is 6.75. The summed E-state index contributed by atoms with van der Waals surface area (Å²) < 4.78 is 0. The van der Waals surface area contributed by atoms with Gasteiger partial charge >= 0.3 is 5.69 Å². The molecule has 0 aliphatic heterocycles. The Labute approximate surface area is 82.3 Å². The van der Waals surface area contributed by atoms with Crippen LogP contribution in [0.1, 0.15) is 32.0 Å². The molecular weight excluding hydrogens is 180 g/mol. The second-order valence-electron chi connectivity index (χ2n) is 4.02. The lowest BCUT2D eigenvalue weighted by atomic mass is 10.1. The van der Waals surface area contributed by atoms with Crippen LogP contribution in [0.5, 0.6) is 0 Å². The molecule has 2 unspecified atom stereocenters. The van der Waals surface area contributed by atoms with Crippen LogP contribution in [0.15, 0.2) is 4.79 Å². The van der Waals surface area contributed by atoms with Gasteiger partial charge < -0.3 is 5.32 Å². The standard InChI is InChI=1S/C9H16N4O/c1-6-3-2-4-7(6)10-5-8-11-9(14)13-12-8/h6-7,10H,2-5H2,1H3,(H2,11,12,13,14). The van der Waals surface area contributed by atoms with Gasteiger partial charge in [-0.25, -0.2) is 9.89 Å². The maximum Gasteiger partial charge on any atom is 0.340 e. The van der Waals surface area contributed by atoms with E-state index in [0.717, 1.165) is 5.92 Å². The van der Waals surface area contributed by atoms with Gasteiger partial charge in [0.15, 0.2) is 0 Å². The van der Waals surface area contributed by atoms with Crippen molar-refractivity contribution in [2.24, 2.45) is 5.92 Å². The largest absolute Gasteiger partial charge is 0.340 e. The van der Waals surface area contributed by atoms with E-state index in [2.05, 4.69) is 27.4 Å². The molecule has 1 aliphatic carbocycles. The van der Waals surface area contributed by atoms with Gasteiger partial charge in [0, 0.05) is 6.04 Å². The summed E-state index contributed by atoms with van der Waals surface area (Å²) >= 11 is 0. The summed E-state index contributed by atoms with van der Waals surface area (Å²) in [6, 6.07) is 0.579. The fraction of sp³-hybridized carbons (Fsp3) is 0.778. The number of H-pyrrole nitrogens is 2. The van der Waals surface area contributed by atoms with Crippen LogP contribution in [0.3, 0.4) is 0 Å². The number of nitrogens with one attached hydrogen (secondary N) is 3. The fourth-order valence-corrected chi connectivity index (χ4v) is 2.07. The number of rotatable bonds is 3. The van der Waals surface area contributed by atoms with Crippen molar-refractivity contribution in [3.63, 3.8) is 0 Å². The molecule has 1 aliphatic rings. The van der Waals surface area contributed by atoms with E-state index in [1.54, 1.807) is 0 Å². The number of nitrogens with zero attached hydrogens (tertiary/aromatic N) is 1. The molecule has 0 saturated heterocycles. The molecule has 5 heteroatoms. The Hall–Kier alpha value is -1.10. The monoisotopic (exact) mass is 196 g/mol. The predicted molar refractivity (Wildman–Crippen MR) is 52.9 cm³/mol. The molecule has 3 N–H and O–H groups in total. The second-order valence-corrected chi connectivity index (χ2v) is 4.02. The highest BCUT2D eigenvalue weighted by atomic mass is 16.1. The van der Waals surface area contributed by atoms with Crippen molar-refractivity contribution in [2.45, 2.75) is 38.8 Å². The van der Waals surface area contributed by atoms with E-state index in [1.165, 1.54) is 19.3 Å². The van der Waals surface area contributed by atoms with Gasteiger partial charge in [-0.1, -0.05) is 13.3 Å². The molecule has 5 nitrogen and oxygen atoms in total. The fourth-order valence-electron chi connectivity index (χ4n) is 2.07. The highest BCUT2D eigenvalue weighted by Gasteiger charge is 2.22. The summed E-state index contributed by atoms with van der Waals surface area (Å²) in [5.74, 6) is 1.43. The summed E-state index contributed by atoms with van der Waals surface area (Å²) in [6.45, 7) is 2.91. The number of hydrogen-bond acceptors (Lipinski definition) is 3. The molecule has 1 saturated carbocycles. The first kappa shape index (κ1) is 9.45. The topological polar surface area (TPSA) is 73.6 Å². The van der Waals surface area contributed by atoms with E-state index in [9.17, 15) is 4.79 Å². The Balaban J connectivity index is 1.85. The highest BCUT2D eigenvalue weighted by Crippen LogP contribution is 2.24. The minimum atomic E-state index is -0.235. The van der Waals surface area contributed by atoms with Gasteiger partial charge in [-0.05, 0) is 18.8 Å². The minimum Gasteiger partial charge on any atom is -0.307 e. The van der Waals surface area contributed by atoms with Crippen LogP contribution in [0, 0.1) is 5.92 Å². The van der Waals surface area contributed by atoms with Gasteiger partial charge in [0.2, 0.25) is 0 Å². The zero-order valence-electron chi connectivity index (χ0n) is 8.34. The first-order valence-corrected chi connectivity index (χ1v) is 5.12. The van der Waals surface area contributed by atoms with Crippen LogP contribution >= 0.6 is 0 Å². The molecule has 0 spiro atoms. The minimum absolute atomic E-state index is 0.235. The molecule has 78 valence electrons. The van der Waals surface area contributed by atoms with Gasteiger partial charge in [-0.3, -0.25) is 4.98 Å². The number of aromatic nitrogens is 3. The van der Waals surface area contributed by atoms with Crippen molar-refractivity contribution in [3.05, 3.63) is 16.3 Å². The summed E-state index contributed by atoms with van der Waals surface area (Å²) in [5, 5.41) is 9.61. The zero-order valence-corrected chi connectivity index (χ0v) is 8.34. The van der Waals surface area contributed by atoms with Crippen LogP contribution in [-0.4, -0.2) is 21.2 Å². The lowest BCUT2D eigenvalue weighted by Gasteiger charge is -2.15. The number of hydrogen-bond donors (Lipinski definition) is 3. The second kappa shape index (κ2) is 3.96. The smallest absolute Gasteiger partial charge is 0.307 e. The van der Waals surface area contributed by atoms with Crippen LogP contribution in [-0.2, 0) is 6.54 Å². The molecule has 1 fully saturated rings. The summed E-state index contributed by atoms with van der Waals surface area (Å²) in [5.41, 5.74) is -0.235. The van der Waals surface area contributed by atoms with Crippen LogP contribution in [0.25, 0.3) is 0 Å². The molecule has 2 atom stereocenters. The Bertz CT molecular complexity index is 343. The van der Waals surface area contributed by atoms with Crippen LogP contribution in [0.4, 0.5) is 0 Å². The van der Waals surface area contributed by atoms with E-state index in [1.807, 2.05) is 0 Å². The third kappa shape index (κ3) is 2.04. The van der Waals surface area contributed by atoms with Crippen LogP contribution < -0.4 is 11.0 Å². The third-order valence-corrected chi connectivity index (χ3v) is 2.94. The van der Waals surface area contributed by atoms with Crippen molar-refractivity contribution in [2.75, 3.05) is 0 Å². The maximum absolute atomic E-state index is 10.7. The normalized spacial score (nSPS) is 26.9. The summed E-state index contributed by atoms with van der Waals surface area (Å²) in [6.07, 6.45) is 3.83. The highest BCUT2D eigenvalue weighted by molar-refractivity contribution is 4.85. The van der Waals surface area contributed by atoms with E-state index in [-0.39, 0.29) is 5.69 Å². The van der Waals surface area contributed by atoms with Gasteiger partial charge in [0.05, 0.1) is 6.54 Å². The van der Waals surface area contributed by atoms with E-state index >= 15 is 0 Å². The van der Waals surface area contributed by atoms with Crippen molar-refractivity contribution in [3.8, 4) is 0 Å². The Morgan fingerprint density at radius 1 is 1.57 bits per heavy atom. The van der Waals surface area contributed by atoms with Crippen molar-refractivity contribution in [1.29, 1.82) is 0 Å². The van der Waals surface area contributed by atoms with Gasteiger partial charge in [0.1, 0.15) is 5.82 Å². The first-order valence-electron chi connectivity index (χ1n) is 5.12. The molecule has 0 bridgehead atoms. The van der Waals surface area contributed by atoms with Gasteiger partial charge in [-0.2, -0.15) is 5.10 Å². The lowest BCUT2D eigenvalue weighted by Crippen LogP contribution is -2.31. The lowest BCUT2D eigenvalue weighted by molar-refractivity contribution is 0.421. The van der Waals surface area contributed by atoms with Gasteiger partial charge in [0.25, 0.3) is 0 Å². The van der Waals surface area contributed by atoms with Crippen molar-refractivity contribution >= 4 is 0 Å². The average molecular weight is 196 g/mol. The molecule has 2 rings (SSSR count). The SMILES string of the molecule is CC1CCCC1NCc1n[nH]c(=O)[nH]1. The zero-order chi connectivity index (χ0) is 9.97. The molecule has 0 amide bonds. The van der Waals surface area contributed by atoms with Crippen LogP contribution in [0.2, 0.25) is 0 Å². The summed E-state index contributed by atoms with van der Waals surface area (Å²) in [4.78, 5) is 13.4. The Morgan fingerprint density at radius 2 is 2.43 bits per heavy atom. The molecule has 0 radical (unpaired) electrons. The van der Waals surface area contributed by atoms with Gasteiger partial charge in [-0.15, -0.1) is 0 Å². The predicted octanol–water partition coefficient (Wildman–Crippen LogP) is 0.376. The molecule has 1 aromatic rings. The molecule has 1 aromatic heterocycles. The van der Waals surface area contributed by atoms with E-state index < -0.39 is 0 Å². The van der Waals surface area contributed by atoms with E-state index in [0.29, 0.717) is 18.4 Å². The Morgan fingerprint density at radius 3 is 3.00 bits per heavy atom. The van der Waals surface area contributed by atoms with Crippen molar-refractivity contribution < 1.29 is 0 Å². The number of aromatic amines is 2. The third-order valence-electron chi connectivity index (χ3n) is 2.94. The van der Waals surface area contributed by atoms with Crippen molar-refractivity contribution in [1.82, 2.24) is 20.5 Å². The molecular formula is C9H16N4O. The quantitative estimate of drug-likeness (QED) is 0.654. The molecule has 0 aromatic carbocycles. The Kier molecular flexibility index (Phi) is 2.67. The molecule has 1 heterocycles. The van der Waals surface area contributed by atoms with E-state index in [4.69, 9.17) is 0 Å². The maximum atomic E-state index is 10.7. The molecule has 14 heavy (non-hydrogen) atoms. The average Bonchev–Trinajstić information content (AvgIpc) is 2.72.